The molecule has 0 saturated carbocycles. The molecule has 0 aliphatic heterocycles. The maximum absolute atomic E-state index is 13.3. The van der Waals surface area contributed by atoms with Crippen molar-refractivity contribution in [2.45, 2.75) is 19.4 Å². The highest BCUT2D eigenvalue weighted by Gasteiger charge is 2.13. The Bertz CT molecular complexity index is 572. The van der Waals surface area contributed by atoms with Gasteiger partial charge in [-0.1, -0.05) is 25.1 Å². The number of anilines is 1. The van der Waals surface area contributed by atoms with Crippen molar-refractivity contribution in [3.63, 3.8) is 0 Å². The summed E-state index contributed by atoms with van der Waals surface area (Å²) in [5.74, 6) is -0.834. The minimum atomic E-state index is -0.669. The lowest BCUT2D eigenvalue weighted by Crippen LogP contribution is -2.10. The Morgan fingerprint density at radius 2 is 1.84 bits per heavy atom. The number of rotatable bonds is 4. The summed E-state index contributed by atoms with van der Waals surface area (Å²) in [6.45, 7) is 1.97. The van der Waals surface area contributed by atoms with Crippen molar-refractivity contribution in [2.24, 2.45) is 0 Å². The van der Waals surface area contributed by atoms with E-state index in [0.29, 0.717) is 5.69 Å². The molecule has 0 radical (unpaired) electrons. The van der Waals surface area contributed by atoms with Crippen molar-refractivity contribution in [1.82, 2.24) is 0 Å². The van der Waals surface area contributed by atoms with E-state index >= 15 is 0 Å². The zero-order valence-corrected chi connectivity index (χ0v) is 10.6. The molecule has 2 aromatic rings. The number of benzene rings is 2. The molecule has 0 aliphatic rings. The Kier molecular flexibility index (Phi) is 3.90. The Labute approximate surface area is 111 Å². The van der Waals surface area contributed by atoms with Gasteiger partial charge in [-0.2, -0.15) is 0 Å². The Morgan fingerprint density at radius 1 is 1.11 bits per heavy atom. The van der Waals surface area contributed by atoms with E-state index < -0.39 is 5.82 Å². The van der Waals surface area contributed by atoms with Gasteiger partial charge in [0.25, 0.3) is 0 Å². The summed E-state index contributed by atoms with van der Waals surface area (Å²) in [6.07, 6.45) is 0.736. The van der Waals surface area contributed by atoms with Crippen LogP contribution in [0.3, 0.4) is 0 Å². The maximum Gasteiger partial charge on any atom is 0.166 e. The summed E-state index contributed by atoms with van der Waals surface area (Å²) in [7, 11) is 0. The monoisotopic (exact) mass is 261 g/mol. The van der Waals surface area contributed by atoms with Crippen molar-refractivity contribution >= 4 is 5.69 Å². The molecule has 100 valence electrons. The van der Waals surface area contributed by atoms with E-state index in [0.717, 1.165) is 12.0 Å². The SMILES string of the molecule is CCC(Nc1ccc(O)c(F)c1)c1ccccc1O. The number of halogens is 1. The number of phenolic OH excluding ortho intramolecular Hbond substituents is 2. The Hall–Kier alpha value is -2.23. The average molecular weight is 261 g/mol. The van der Waals surface area contributed by atoms with Gasteiger partial charge in [0, 0.05) is 17.3 Å². The van der Waals surface area contributed by atoms with Crippen molar-refractivity contribution in [1.29, 1.82) is 0 Å². The van der Waals surface area contributed by atoms with E-state index in [9.17, 15) is 9.50 Å². The largest absolute Gasteiger partial charge is 0.508 e. The highest BCUT2D eigenvalue weighted by Crippen LogP contribution is 2.30. The highest BCUT2D eigenvalue weighted by atomic mass is 19.1. The van der Waals surface area contributed by atoms with Crippen molar-refractivity contribution in [2.75, 3.05) is 5.32 Å². The van der Waals surface area contributed by atoms with Gasteiger partial charge in [0.1, 0.15) is 5.75 Å². The first-order valence-electron chi connectivity index (χ1n) is 6.14. The molecule has 0 fully saturated rings. The zero-order valence-electron chi connectivity index (χ0n) is 10.6. The summed E-state index contributed by atoms with van der Waals surface area (Å²) in [5.41, 5.74) is 1.32. The quantitative estimate of drug-likeness (QED) is 0.734. The van der Waals surface area contributed by atoms with Crippen LogP contribution in [0.15, 0.2) is 42.5 Å². The zero-order chi connectivity index (χ0) is 13.8. The second-order valence-electron chi connectivity index (χ2n) is 4.33. The molecule has 1 unspecified atom stereocenters. The van der Waals surface area contributed by atoms with Crippen LogP contribution in [0.2, 0.25) is 0 Å². The molecule has 19 heavy (non-hydrogen) atoms. The van der Waals surface area contributed by atoms with E-state index in [-0.39, 0.29) is 17.5 Å². The first-order valence-corrected chi connectivity index (χ1v) is 6.14. The molecule has 4 heteroatoms. The Balaban J connectivity index is 2.24. The number of nitrogens with one attached hydrogen (secondary N) is 1. The van der Waals surface area contributed by atoms with E-state index in [1.807, 2.05) is 19.1 Å². The van der Waals surface area contributed by atoms with Crippen LogP contribution in [-0.2, 0) is 0 Å². The second-order valence-corrected chi connectivity index (χ2v) is 4.33. The summed E-state index contributed by atoms with van der Waals surface area (Å²) in [6, 6.07) is 11.1. The molecule has 0 aromatic heterocycles. The third kappa shape index (κ3) is 2.96. The third-order valence-corrected chi connectivity index (χ3v) is 3.01. The van der Waals surface area contributed by atoms with Crippen LogP contribution in [0.5, 0.6) is 11.5 Å². The average Bonchev–Trinajstić information content (AvgIpc) is 2.41. The van der Waals surface area contributed by atoms with Gasteiger partial charge in [0.15, 0.2) is 11.6 Å². The van der Waals surface area contributed by atoms with Crippen LogP contribution in [-0.4, -0.2) is 10.2 Å². The predicted octanol–water partition coefficient (Wildman–Crippen LogP) is 3.80. The van der Waals surface area contributed by atoms with Crippen molar-refractivity contribution in [3.8, 4) is 11.5 Å². The summed E-state index contributed by atoms with van der Waals surface area (Å²) in [5, 5.41) is 22.1. The van der Waals surface area contributed by atoms with E-state index in [2.05, 4.69) is 5.32 Å². The summed E-state index contributed by atoms with van der Waals surface area (Å²) in [4.78, 5) is 0. The van der Waals surface area contributed by atoms with Gasteiger partial charge >= 0.3 is 0 Å². The smallest absolute Gasteiger partial charge is 0.166 e. The molecule has 0 bridgehead atoms. The molecule has 0 aliphatic carbocycles. The molecule has 3 nitrogen and oxygen atoms in total. The molecule has 2 aromatic carbocycles. The predicted molar refractivity (Wildman–Crippen MR) is 72.8 cm³/mol. The fourth-order valence-corrected chi connectivity index (χ4v) is 1.98. The van der Waals surface area contributed by atoms with Gasteiger partial charge in [0.05, 0.1) is 6.04 Å². The summed E-state index contributed by atoms with van der Waals surface area (Å²) >= 11 is 0. The number of para-hydroxylation sites is 1. The van der Waals surface area contributed by atoms with Gasteiger partial charge < -0.3 is 15.5 Å². The Morgan fingerprint density at radius 3 is 2.47 bits per heavy atom. The topological polar surface area (TPSA) is 52.5 Å². The molecular weight excluding hydrogens is 245 g/mol. The minimum absolute atomic E-state index is 0.120. The first kappa shape index (κ1) is 13.2. The van der Waals surface area contributed by atoms with Crippen LogP contribution in [0.25, 0.3) is 0 Å². The molecule has 1 atom stereocenters. The fraction of sp³-hybridized carbons (Fsp3) is 0.200. The molecule has 0 spiro atoms. The standard InChI is InChI=1S/C15H16FNO2/c1-2-13(11-5-3-4-6-14(11)18)17-10-7-8-15(19)12(16)9-10/h3-9,13,17-19H,2H2,1H3. The lowest BCUT2D eigenvalue weighted by molar-refractivity contribution is 0.432. The van der Waals surface area contributed by atoms with E-state index in [1.54, 1.807) is 18.2 Å². The minimum Gasteiger partial charge on any atom is -0.508 e. The van der Waals surface area contributed by atoms with Crippen LogP contribution < -0.4 is 5.32 Å². The van der Waals surface area contributed by atoms with Gasteiger partial charge in [0.2, 0.25) is 0 Å². The van der Waals surface area contributed by atoms with Crippen LogP contribution in [0, 0.1) is 5.82 Å². The molecule has 3 N–H and O–H groups in total. The molecule has 0 heterocycles. The molecule has 0 amide bonds. The normalized spacial score (nSPS) is 12.1. The van der Waals surface area contributed by atoms with Gasteiger partial charge in [-0.3, -0.25) is 0 Å². The van der Waals surface area contributed by atoms with E-state index in [1.165, 1.54) is 12.1 Å². The van der Waals surface area contributed by atoms with Crippen LogP contribution >= 0.6 is 0 Å². The lowest BCUT2D eigenvalue weighted by Gasteiger charge is -2.19. The summed E-state index contributed by atoms with van der Waals surface area (Å²) < 4.78 is 13.3. The first-order chi connectivity index (χ1) is 9.11. The number of hydrogen-bond acceptors (Lipinski definition) is 3. The van der Waals surface area contributed by atoms with Crippen LogP contribution in [0.4, 0.5) is 10.1 Å². The van der Waals surface area contributed by atoms with E-state index in [4.69, 9.17) is 5.11 Å². The fourth-order valence-electron chi connectivity index (χ4n) is 1.98. The maximum atomic E-state index is 13.3. The molecule has 0 saturated heterocycles. The van der Waals surface area contributed by atoms with Gasteiger partial charge in [-0.15, -0.1) is 0 Å². The lowest BCUT2D eigenvalue weighted by atomic mass is 10.0. The molecule has 2 rings (SSSR count). The third-order valence-electron chi connectivity index (χ3n) is 3.01. The van der Waals surface area contributed by atoms with Crippen LogP contribution in [0.1, 0.15) is 24.9 Å². The highest BCUT2D eigenvalue weighted by molar-refractivity contribution is 5.50. The second kappa shape index (κ2) is 5.61. The number of hydrogen-bond donors (Lipinski definition) is 3. The number of phenols is 2. The van der Waals surface area contributed by atoms with Gasteiger partial charge in [-0.05, 0) is 24.6 Å². The van der Waals surface area contributed by atoms with Gasteiger partial charge in [-0.25, -0.2) is 4.39 Å². The molecular formula is C15H16FNO2. The van der Waals surface area contributed by atoms with Crippen molar-refractivity contribution in [3.05, 3.63) is 53.8 Å². The van der Waals surface area contributed by atoms with Crippen molar-refractivity contribution < 1.29 is 14.6 Å². The number of aromatic hydroxyl groups is 2.